The Morgan fingerprint density at radius 3 is 2.39 bits per heavy atom. The van der Waals surface area contributed by atoms with Crippen LogP contribution in [-0.4, -0.2) is 26.4 Å². The van der Waals surface area contributed by atoms with Crippen LogP contribution in [0.25, 0.3) is 17.1 Å². The van der Waals surface area contributed by atoms with Gasteiger partial charge in [0, 0.05) is 23.5 Å². The van der Waals surface area contributed by atoms with Crippen molar-refractivity contribution in [3.63, 3.8) is 0 Å². The number of rotatable bonds is 7. The van der Waals surface area contributed by atoms with Gasteiger partial charge in [-0.1, -0.05) is 59.8 Å². The molecule has 0 atom stereocenters. The summed E-state index contributed by atoms with van der Waals surface area (Å²) in [5.74, 6) is 0.898. The summed E-state index contributed by atoms with van der Waals surface area (Å²) in [6, 6.07) is 25.5. The van der Waals surface area contributed by atoms with Gasteiger partial charge in [-0.15, -0.1) is 10.2 Å². The number of nitrogens with two attached hydrogens (primary N) is 1. The van der Waals surface area contributed by atoms with E-state index in [9.17, 15) is 4.79 Å². The molecule has 0 aliphatic rings. The van der Waals surface area contributed by atoms with Gasteiger partial charge in [-0.3, -0.25) is 9.36 Å². The van der Waals surface area contributed by atoms with Gasteiger partial charge in [-0.2, -0.15) is 0 Å². The number of carbonyl (C=O) groups excluding carboxylic acids is 1. The number of hydrogen-bond acceptors (Lipinski definition) is 5. The minimum absolute atomic E-state index is 0.0535. The van der Waals surface area contributed by atoms with E-state index in [1.54, 1.807) is 0 Å². The average Bonchev–Trinajstić information content (AvgIpc) is 3.22. The van der Waals surface area contributed by atoms with Crippen LogP contribution in [0.1, 0.15) is 11.1 Å². The number of anilines is 1. The monoisotopic (exact) mass is 429 g/mol. The summed E-state index contributed by atoms with van der Waals surface area (Å²) in [6.07, 6.45) is 0. The van der Waals surface area contributed by atoms with Crippen LogP contribution in [0.15, 0.2) is 84.0 Å². The molecule has 0 saturated carbocycles. The van der Waals surface area contributed by atoms with Crippen molar-refractivity contribution in [1.29, 1.82) is 0 Å². The lowest BCUT2D eigenvalue weighted by Crippen LogP contribution is -2.24. The highest BCUT2D eigenvalue weighted by Crippen LogP contribution is 2.28. The molecular weight excluding hydrogens is 406 g/mol. The third kappa shape index (κ3) is 5.13. The van der Waals surface area contributed by atoms with Gasteiger partial charge >= 0.3 is 0 Å². The van der Waals surface area contributed by atoms with Gasteiger partial charge in [0.2, 0.25) is 5.91 Å². The molecule has 3 N–H and O–H groups in total. The highest BCUT2D eigenvalue weighted by atomic mass is 32.2. The van der Waals surface area contributed by atoms with Crippen molar-refractivity contribution in [2.45, 2.75) is 18.6 Å². The van der Waals surface area contributed by atoms with E-state index in [1.165, 1.54) is 17.3 Å². The van der Waals surface area contributed by atoms with E-state index in [0.717, 1.165) is 16.8 Å². The fourth-order valence-electron chi connectivity index (χ4n) is 3.08. The van der Waals surface area contributed by atoms with Crippen LogP contribution in [0.2, 0.25) is 0 Å². The lowest BCUT2D eigenvalue weighted by atomic mass is 10.1. The molecule has 1 heterocycles. The molecule has 0 fully saturated rings. The van der Waals surface area contributed by atoms with Crippen LogP contribution in [0, 0.1) is 6.92 Å². The van der Waals surface area contributed by atoms with Gasteiger partial charge in [0.25, 0.3) is 0 Å². The highest BCUT2D eigenvalue weighted by Gasteiger charge is 2.17. The highest BCUT2D eigenvalue weighted by molar-refractivity contribution is 7.99. The van der Waals surface area contributed by atoms with Crippen LogP contribution in [0.4, 0.5) is 5.69 Å². The number of nitrogen functional groups attached to an aromatic ring is 1. The topological polar surface area (TPSA) is 85.8 Å². The van der Waals surface area contributed by atoms with Crippen LogP contribution < -0.4 is 11.1 Å². The summed E-state index contributed by atoms with van der Waals surface area (Å²) in [6.45, 7) is 2.54. The number of thioether (sulfide) groups is 1. The number of benzene rings is 3. The van der Waals surface area contributed by atoms with Crippen LogP contribution in [0.5, 0.6) is 0 Å². The molecule has 3 aromatic carbocycles. The van der Waals surface area contributed by atoms with Gasteiger partial charge in [0.15, 0.2) is 11.0 Å². The normalized spacial score (nSPS) is 10.7. The molecule has 0 saturated heterocycles. The van der Waals surface area contributed by atoms with Gasteiger partial charge in [0.05, 0.1) is 5.75 Å². The van der Waals surface area contributed by atoms with Crippen molar-refractivity contribution in [2.75, 3.05) is 11.5 Å². The molecule has 0 radical (unpaired) electrons. The first kappa shape index (κ1) is 20.7. The first-order valence-corrected chi connectivity index (χ1v) is 10.9. The fourth-order valence-corrected chi connectivity index (χ4v) is 3.86. The van der Waals surface area contributed by atoms with Gasteiger partial charge in [-0.25, -0.2) is 0 Å². The number of nitrogens with one attached hydrogen (secondary N) is 1. The molecule has 4 rings (SSSR count). The first-order chi connectivity index (χ1) is 15.1. The number of aromatic nitrogens is 3. The van der Waals surface area contributed by atoms with Crippen molar-refractivity contribution < 1.29 is 4.79 Å². The van der Waals surface area contributed by atoms with E-state index in [-0.39, 0.29) is 11.7 Å². The molecule has 1 amide bonds. The quantitative estimate of drug-likeness (QED) is 0.339. The minimum atomic E-state index is -0.0535. The molecule has 0 unspecified atom stereocenters. The second-order valence-electron chi connectivity index (χ2n) is 7.15. The SMILES string of the molecule is Cc1ccc(CNC(=O)CSc2nnc(-c3ccc(N)cc3)n2-c2ccccc2)cc1. The molecule has 1 aromatic heterocycles. The Balaban J connectivity index is 1.50. The number of hydrogen-bond donors (Lipinski definition) is 2. The van der Waals surface area contributed by atoms with E-state index < -0.39 is 0 Å². The summed E-state index contributed by atoms with van der Waals surface area (Å²) in [7, 11) is 0. The van der Waals surface area contributed by atoms with Crippen molar-refractivity contribution in [3.8, 4) is 17.1 Å². The Morgan fingerprint density at radius 1 is 0.968 bits per heavy atom. The number of amides is 1. The largest absolute Gasteiger partial charge is 0.399 e. The number of nitrogens with zero attached hydrogens (tertiary/aromatic N) is 3. The van der Waals surface area contributed by atoms with Crippen molar-refractivity contribution >= 4 is 23.4 Å². The Morgan fingerprint density at radius 2 is 1.68 bits per heavy atom. The minimum Gasteiger partial charge on any atom is -0.399 e. The first-order valence-electron chi connectivity index (χ1n) is 9.92. The molecule has 0 aliphatic heterocycles. The maximum atomic E-state index is 12.4. The van der Waals surface area contributed by atoms with Crippen LogP contribution >= 0.6 is 11.8 Å². The van der Waals surface area contributed by atoms with Crippen molar-refractivity contribution in [3.05, 3.63) is 90.0 Å². The van der Waals surface area contributed by atoms with E-state index in [1.807, 2.05) is 90.4 Å². The Bertz CT molecular complexity index is 1160. The summed E-state index contributed by atoms with van der Waals surface area (Å²) in [5, 5.41) is 12.4. The second kappa shape index (κ2) is 9.49. The maximum absolute atomic E-state index is 12.4. The number of para-hydroxylation sites is 1. The van der Waals surface area contributed by atoms with Crippen molar-refractivity contribution in [2.24, 2.45) is 0 Å². The third-order valence-corrected chi connectivity index (χ3v) is 5.69. The Kier molecular flexibility index (Phi) is 6.33. The maximum Gasteiger partial charge on any atom is 0.230 e. The standard InChI is InChI=1S/C24H23N5OS/c1-17-7-9-18(10-8-17)15-26-22(30)16-31-24-28-27-23(19-11-13-20(25)14-12-19)29(24)21-5-3-2-4-6-21/h2-14H,15-16,25H2,1H3,(H,26,30). The zero-order chi connectivity index (χ0) is 21.6. The molecule has 0 spiro atoms. The molecule has 156 valence electrons. The van der Waals surface area contributed by atoms with E-state index in [0.29, 0.717) is 23.2 Å². The van der Waals surface area contributed by atoms with Gasteiger partial charge < -0.3 is 11.1 Å². The fraction of sp³-hybridized carbons (Fsp3) is 0.125. The zero-order valence-corrected chi connectivity index (χ0v) is 18.0. The number of aryl methyl sites for hydroxylation is 1. The van der Waals surface area contributed by atoms with Crippen LogP contribution in [-0.2, 0) is 11.3 Å². The molecule has 0 bridgehead atoms. The summed E-state index contributed by atoms with van der Waals surface area (Å²) >= 11 is 1.36. The molecule has 6 nitrogen and oxygen atoms in total. The van der Waals surface area contributed by atoms with Gasteiger partial charge in [-0.05, 0) is 48.9 Å². The second-order valence-corrected chi connectivity index (χ2v) is 8.09. The van der Waals surface area contributed by atoms with E-state index >= 15 is 0 Å². The smallest absolute Gasteiger partial charge is 0.230 e. The predicted octanol–water partition coefficient (Wildman–Crippen LogP) is 4.23. The predicted molar refractivity (Wildman–Crippen MR) is 125 cm³/mol. The molecule has 7 heteroatoms. The number of carbonyl (C=O) groups is 1. The van der Waals surface area contributed by atoms with Crippen LogP contribution in [0.3, 0.4) is 0 Å². The van der Waals surface area contributed by atoms with Crippen molar-refractivity contribution in [1.82, 2.24) is 20.1 Å². The third-order valence-electron chi connectivity index (χ3n) is 4.76. The summed E-state index contributed by atoms with van der Waals surface area (Å²) in [4.78, 5) is 12.4. The zero-order valence-electron chi connectivity index (χ0n) is 17.2. The Labute approximate surface area is 185 Å². The lowest BCUT2D eigenvalue weighted by Gasteiger charge is -2.10. The lowest BCUT2D eigenvalue weighted by molar-refractivity contribution is -0.118. The Hall–Kier alpha value is -3.58. The van der Waals surface area contributed by atoms with E-state index in [2.05, 4.69) is 15.5 Å². The average molecular weight is 430 g/mol. The summed E-state index contributed by atoms with van der Waals surface area (Å²) < 4.78 is 1.96. The summed E-state index contributed by atoms with van der Waals surface area (Å²) in [5.41, 5.74) is 10.6. The van der Waals surface area contributed by atoms with Gasteiger partial charge in [0.1, 0.15) is 0 Å². The molecular formula is C24H23N5OS. The molecule has 31 heavy (non-hydrogen) atoms. The van der Waals surface area contributed by atoms with E-state index in [4.69, 9.17) is 5.73 Å². The molecule has 0 aliphatic carbocycles. The molecule has 4 aromatic rings.